The smallest absolute Gasteiger partial charge is 0.795 e. The Kier molecular flexibility index (Phi) is 8.44. The first-order chi connectivity index (χ1) is 11.3. The minimum atomic E-state index is -5.12. The monoisotopic (exact) mass is 410 g/mol. The van der Waals surface area contributed by atoms with Gasteiger partial charge in [0, 0.05) is 24.7 Å². The third-order valence-corrected chi connectivity index (χ3v) is 4.99. The van der Waals surface area contributed by atoms with Crippen molar-refractivity contribution in [3.05, 3.63) is 52.1 Å². The van der Waals surface area contributed by atoms with Crippen molar-refractivity contribution in [2.75, 3.05) is 7.11 Å². The van der Waals surface area contributed by atoms with Gasteiger partial charge in [0.25, 0.3) is 0 Å². The molecule has 0 atom stereocenters. The molecule has 0 fully saturated rings. The molecule has 0 radical (unpaired) electrons. The fourth-order valence-electron chi connectivity index (χ4n) is 2.24. The van der Waals surface area contributed by atoms with Gasteiger partial charge in [-0.2, -0.15) is 0 Å². The van der Waals surface area contributed by atoms with Gasteiger partial charge in [-0.25, -0.2) is 9.78 Å². The van der Waals surface area contributed by atoms with Gasteiger partial charge in [0.15, 0.2) is 10.7 Å². The van der Waals surface area contributed by atoms with Crippen LogP contribution in [0.1, 0.15) is 25.9 Å². The molecule has 0 aliphatic heterocycles. The fourth-order valence-corrected chi connectivity index (χ4v) is 3.67. The summed E-state index contributed by atoms with van der Waals surface area (Å²) in [6.07, 6.45) is 0.979. The number of nitrogens with zero attached hydrogens (tertiary/aromatic N) is 2. The molecule has 0 saturated carbocycles. The molecular weight excluding hydrogens is 401 g/mol. The van der Waals surface area contributed by atoms with Gasteiger partial charge in [0.05, 0.1) is 18.2 Å². The standard InChI is InChI=1S/C14H11N2O6PS.2Na/c1-22-14(18)10-7-24-13(15-10)12(17)9-6-16(23(19,20)21)11-5-3-2-4-8(9)11;;/h2-7H,1H3,(H2,19,20,21);;/q;2*+1/p-2. The quantitative estimate of drug-likeness (QED) is 0.182. The second-order valence-corrected chi connectivity index (χ2v) is 6.96. The molecular formula is C14H9N2Na2O6PS. The number of carbonyl (C=O) groups is 2. The number of benzene rings is 1. The summed E-state index contributed by atoms with van der Waals surface area (Å²) in [5.41, 5.74) is 0.107. The van der Waals surface area contributed by atoms with E-state index in [-0.39, 0.29) is 80.9 Å². The summed E-state index contributed by atoms with van der Waals surface area (Å²) in [5.74, 6) is -1.27. The van der Waals surface area contributed by atoms with Crippen molar-refractivity contribution in [2.45, 2.75) is 0 Å². The molecule has 0 aliphatic rings. The number of para-hydroxylation sites is 1. The van der Waals surface area contributed by atoms with Gasteiger partial charge in [-0.3, -0.25) is 4.79 Å². The van der Waals surface area contributed by atoms with Crippen LogP contribution in [0.15, 0.2) is 35.8 Å². The molecule has 2 aromatic heterocycles. The van der Waals surface area contributed by atoms with Crippen LogP contribution < -0.4 is 68.9 Å². The van der Waals surface area contributed by atoms with E-state index in [2.05, 4.69) is 9.72 Å². The average molecular weight is 410 g/mol. The summed E-state index contributed by atoms with van der Waals surface area (Å²) < 4.78 is 16.5. The number of esters is 1. The number of ether oxygens (including phenoxy) is 1. The molecule has 26 heavy (non-hydrogen) atoms. The summed E-state index contributed by atoms with van der Waals surface area (Å²) in [4.78, 5) is 50.7. The number of fused-ring (bicyclic) bond motifs is 1. The second kappa shape index (κ2) is 9.25. The van der Waals surface area contributed by atoms with Gasteiger partial charge in [0.1, 0.15) is 0 Å². The maximum absolute atomic E-state index is 12.6. The molecule has 124 valence electrons. The zero-order valence-electron chi connectivity index (χ0n) is 14.2. The summed E-state index contributed by atoms with van der Waals surface area (Å²) in [7, 11) is -3.92. The molecule has 3 rings (SSSR count). The normalized spacial score (nSPS) is 10.7. The van der Waals surface area contributed by atoms with E-state index in [0.717, 1.165) is 17.5 Å². The second-order valence-electron chi connectivity index (χ2n) is 4.73. The van der Waals surface area contributed by atoms with Crippen LogP contribution in [0.5, 0.6) is 0 Å². The Bertz CT molecular complexity index is 1010. The van der Waals surface area contributed by atoms with Crippen molar-refractivity contribution in [1.82, 2.24) is 9.32 Å². The summed E-state index contributed by atoms with van der Waals surface area (Å²) in [6, 6.07) is 6.13. The number of thiazole rings is 1. The van der Waals surface area contributed by atoms with E-state index in [9.17, 15) is 23.9 Å². The van der Waals surface area contributed by atoms with Crippen LogP contribution in [-0.2, 0) is 9.30 Å². The van der Waals surface area contributed by atoms with Crippen LogP contribution in [0.2, 0.25) is 0 Å². The van der Waals surface area contributed by atoms with Crippen molar-refractivity contribution >= 4 is 41.7 Å². The van der Waals surface area contributed by atoms with Crippen molar-refractivity contribution in [3.63, 3.8) is 0 Å². The number of methoxy groups -OCH3 is 1. The van der Waals surface area contributed by atoms with Gasteiger partial charge < -0.3 is 23.4 Å². The Morgan fingerprint density at radius 3 is 2.50 bits per heavy atom. The van der Waals surface area contributed by atoms with Crippen LogP contribution in [0, 0.1) is 0 Å². The van der Waals surface area contributed by atoms with E-state index in [1.165, 1.54) is 24.6 Å². The van der Waals surface area contributed by atoms with E-state index in [1.54, 1.807) is 12.1 Å². The topological polar surface area (TPSA) is 124 Å². The summed E-state index contributed by atoms with van der Waals surface area (Å²) >= 11 is 0.925. The molecule has 0 saturated heterocycles. The molecule has 0 unspecified atom stereocenters. The van der Waals surface area contributed by atoms with Crippen LogP contribution in [0.4, 0.5) is 0 Å². The zero-order valence-corrected chi connectivity index (χ0v) is 19.9. The Balaban J connectivity index is 0.00000169. The number of hydrogen-bond acceptors (Lipinski definition) is 8. The van der Waals surface area contributed by atoms with Crippen molar-refractivity contribution < 1.29 is 87.8 Å². The first-order valence-corrected chi connectivity index (χ1v) is 8.92. The fraction of sp³-hybridized carbons (Fsp3) is 0.0714. The van der Waals surface area contributed by atoms with E-state index >= 15 is 0 Å². The van der Waals surface area contributed by atoms with Crippen molar-refractivity contribution in [1.29, 1.82) is 0 Å². The predicted octanol–water partition coefficient (Wildman–Crippen LogP) is -5.20. The third-order valence-electron chi connectivity index (χ3n) is 3.29. The zero-order chi connectivity index (χ0) is 17.5. The minimum Gasteiger partial charge on any atom is -0.795 e. The average Bonchev–Trinajstić information content (AvgIpc) is 3.18. The van der Waals surface area contributed by atoms with E-state index < -0.39 is 19.5 Å². The molecule has 1 aromatic carbocycles. The largest absolute Gasteiger partial charge is 1.00 e. The molecule has 0 spiro atoms. The van der Waals surface area contributed by atoms with Gasteiger partial charge in [-0.05, 0) is 6.07 Å². The number of carbonyl (C=O) groups excluding carboxylic acids is 2. The van der Waals surface area contributed by atoms with Gasteiger partial charge >= 0.3 is 65.1 Å². The van der Waals surface area contributed by atoms with Gasteiger partial charge in [-0.1, -0.05) is 18.2 Å². The van der Waals surface area contributed by atoms with Crippen LogP contribution >= 0.6 is 19.1 Å². The molecule has 12 heteroatoms. The number of rotatable bonds is 4. The Hall–Kier alpha value is -0.320. The first kappa shape index (κ1) is 23.7. The summed E-state index contributed by atoms with van der Waals surface area (Å²) in [6.45, 7) is 0. The van der Waals surface area contributed by atoms with Crippen molar-refractivity contribution in [2.24, 2.45) is 0 Å². The number of ketones is 1. The van der Waals surface area contributed by atoms with E-state index in [0.29, 0.717) is 9.72 Å². The van der Waals surface area contributed by atoms with Gasteiger partial charge in [0.2, 0.25) is 5.78 Å². The van der Waals surface area contributed by atoms with E-state index in [1.807, 2.05) is 0 Å². The molecule has 3 aromatic rings. The Morgan fingerprint density at radius 1 is 1.23 bits per heavy atom. The predicted molar refractivity (Wildman–Crippen MR) is 81.8 cm³/mol. The van der Waals surface area contributed by atoms with Crippen LogP contribution in [-0.4, -0.2) is 28.2 Å². The molecule has 8 nitrogen and oxygen atoms in total. The SMILES string of the molecule is COC(=O)c1csc(C(=O)c2cn(P(=O)([O-])[O-])c3ccccc23)n1.[Na+].[Na+]. The minimum absolute atomic E-state index is 0. The maximum atomic E-state index is 12.6. The number of aromatic nitrogens is 2. The maximum Gasteiger partial charge on any atom is 1.00 e. The summed E-state index contributed by atoms with van der Waals surface area (Å²) in [5, 5.41) is 1.67. The number of hydrogen-bond donors (Lipinski definition) is 0. The van der Waals surface area contributed by atoms with Crippen LogP contribution in [0.25, 0.3) is 10.9 Å². The van der Waals surface area contributed by atoms with E-state index in [4.69, 9.17) is 0 Å². The Labute approximate surface area is 196 Å². The molecule has 0 bridgehead atoms. The van der Waals surface area contributed by atoms with Crippen molar-refractivity contribution in [3.8, 4) is 0 Å². The van der Waals surface area contributed by atoms with Crippen LogP contribution in [0.3, 0.4) is 0 Å². The first-order valence-electron chi connectivity index (χ1n) is 6.54. The molecule has 2 heterocycles. The third kappa shape index (κ3) is 4.56. The van der Waals surface area contributed by atoms with Gasteiger partial charge in [-0.15, -0.1) is 11.3 Å². The Morgan fingerprint density at radius 2 is 1.88 bits per heavy atom. The molecule has 0 aliphatic carbocycles. The molecule has 0 N–H and O–H groups in total. The molecule has 0 amide bonds.